The van der Waals surface area contributed by atoms with Gasteiger partial charge in [0.2, 0.25) is 11.8 Å². The number of nitrogens with zero attached hydrogens (tertiary/aromatic N) is 1. The minimum Gasteiger partial charge on any atom is -0.495 e. The van der Waals surface area contributed by atoms with Gasteiger partial charge in [0.1, 0.15) is 5.75 Å². The van der Waals surface area contributed by atoms with E-state index in [4.69, 9.17) is 4.74 Å². The zero-order chi connectivity index (χ0) is 19.5. The SMILES string of the molecule is CCN(CC(=O)NCCC1=CCCCC1)CC(=O)Nc1ccccc1OC. The van der Waals surface area contributed by atoms with Crippen molar-refractivity contribution in [2.24, 2.45) is 0 Å². The van der Waals surface area contributed by atoms with Crippen LogP contribution in [0, 0.1) is 0 Å². The van der Waals surface area contributed by atoms with E-state index in [2.05, 4.69) is 16.7 Å². The first kappa shape index (κ1) is 21.0. The van der Waals surface area contributed by atoms with Crippen molar-refractivity contribution in [2.45, 2.75) is 39.0 Å². The van der Waals surface area contributed by atoms with Gasteiger partial charge in [-0.1, -0.05) is 30.7 Å². The summed E-state index contributed by atoms with van der Waals surface area (Å²) < 4.78 is 5.24. The fourth-order valence-electron chi connectivity index (χ4n) is 3.17. The second-order valence-corrected chi connectivity index (χ2v) is 6.76. The Morgan fingerprint density at radius 3 is 2.63 bits per heavy atom. The molecule has 1 aliphatic carbocycles. The Hall–Kier alpha value is -2.34. The number of ether oxygens (including phenoxy) is 1. The first-order valence-electron chi connectivity index (χ1n) is 9.72. The van der Waals surface area contributed by atoms with Gasteiger partial charge in [-0.15, -0.1) is 0 Å². The van der Waals surface area contributed by atoms with E-state index in [0.717, 1.165) is 19.3 Å². The van der Waals surface area contributed by atoms with E-state index in [1.165, 1.54) is 18.4 Å². The molecule has 0 bridgehead atoms. The Labute approximate surface area is 162 Å². The number of hydrogen-bond donors (Lipinski definition) is 2. The molecular formula is C21H31N3O3. The molecule has 6 heteroatoms. The molecule has 0 saturated heterocycles. The van der Waals surface area contributed by atoms with Gasteiger partial charge in [0, 0.05) is 6.54 Å². The lowest BCUT2D eigenvalue weighted by Crippen LogP contribution is -2.41. The van der Waals surface area contributed by atoms with Gasteiger partial charge in [0.25, 0.3) is 0 Å². The predicted octanol–water partition coefficient (Wildman–Crippen LogP) is 2.96. The minimum atomic E-state index is -0.165. The standard InChI is InChI=1S/C21H31N3O3/c1-3-24(15-20(25)22-14-13-17-9-5-4-6-10-17)16-21(26)23-18-11-7-8-12-19(18)27-2/h7-9,11-12H,3-6,10,13-16H2,1-2H3,(H,22,25)(H,23,26). The van der Waals surface area contributed by atoms with Gasteiger partial charge in [-0.25, -0.2) is 0 Å². The molecule has 6 nitrogen and oxygen atoms in total. The fourth-order valence-corrected chi connectivity index (χ4v) is 3.17. The number of hydrogen-bond acceptors (Lipinski definition) is 4. The lowest BCUT2D eigenvalue weighted by molar-refractivity contribution is -0.123. The average Bonchev–Trinajstić information content (AvgIpc) is 2.68. The van der Waals surface area contributed by atoms with Crippen LogP contribution in [-0.2, 0) is 9.59 Å². The number of likely N-dealkylation sites (N-methyl/N-ethyl adjacent to an activating group) is 1. The fraction of sp³-hybridized carbons (Fsp3) is 0.524. The van der Waals surface area contributed by atoms with Crippen LogP contribution in [0.5, 0.6) is 5.75 Å². The minimum absolute atomic E-state index is 0.0432. The van der Waals surface area contributed by atoms with Crippen molar-refractivity contribution < 1.29 is 14.3 Å². The Bertz CT molecular complexity index is 658. The number of amides is 2. The highest BCUT2D eigenvalue weighted by atomic mass is 16.5. The van der Waals surface area contributed by atoms with Crippen LogP contribution in [0.4, 0.5) is 5.69 Å². The smallest absolute Gasteiger partial charge is 0.238 e. The van der Waals surface area contributed by atoms with Crippen molar-refractivity contribution in [3.8, 4) is 5.75 Å². The third kappa shape index (κ3) is 7.43. The van der Waals surface area contributed by atoms with Crippen molar-refractivity contribution in [3.63, 3.8) is 0 Å². The number of carbonyl (C=O) groups is 2. The van der Waals surface area contributed by atoms with Crippen LogP contribution >= 0.6 is 0 Å². The Balaban J connectivity index is 1.74. The molecule has 1 aromatic carbocycles. The van der Waals surface area contributed by atoms with Gasteiger partial charge in [0.05, 0.1) is 25.9 Å². The van der Waals surface area contributed by atoms with Crippen LogP contribution in [0.2, 0.25) is 0 Å². The number of methoxy groups -OCH3 is 1. The summed E-state index contributed by atoms with van der Waals surface area (Å²) in [5.74, 6) is 0.406. The molecule has 1 aliphatic rings. The predicted molar refractivity (Wildman–Crippen MR) is 108 cm³/mol. The number of carbonyl (C=O) groups excluding carboxylic acids is 2. The van der Waals surface area contributed by atoms with Crippen molar-refractivity contribution in [2.75, 3.05) is 38.6 Å². The van der Waals surface area contributed by atoms with E-state index in [1.807, 2.05) is 24.0 Å². The average molecular weight is 373 g/mol. The summed E-state index contributed by atoms with van der Waals surface area (Å²) in [7, 11) is 1.57. The number of nitrogens with one attached hydrogen (secondary N) is 2. The topological polar surface area (TPSA) is 70.7 Å². The van der Waals surface area contributed by atoms with Gasteiger partial charge in [-0.2, -0.15) is 0 Å². The van der Waals surface area contributed by atoms with Crippen LogP contribution in [-0.4, -0.2) is 50.0 Å². The number of anilines is 1. The van der Waals surface area contributed by atoms with Crippen molar-refractivity contribution in [1.29, 1.82) is 0 Å². The summed E-state index contributed by atoms with van der Waals surface area (Å²) in [6, 6.07) is 7.27. The zero-order valence-electron chi connectivity index (χ0n) is 16.4. The first-order chi connectivity index (χ1) is 13.1. The largest absolute Gasteiger partial charge is 0.495 e. The maximum Gasteiger partial charge on any atom is 0.238 e. The molecule has 0 atom stereocenters. The third-order valence-corrected chi connectivity index (χ3v) is 4.72. The van der Waals surface area contributed by atoms with Gasteiger partial charge in [0.15, 0.2) is 0 Å². The molecule has 0 fully saturated rings. The molecule has 0 aliphatic heterocycles. The molecule has 148 valence electrons. The van der Waals surface area contributed by atoms with E-state index in [9.17, 15) is 9.59 Å². The number of benzene rings is 1. The van der Waals surface area contributed by atoms with E-state index in [-0.39, 0.29) is 24.9 Å². The monoisotopic (exact) mass is 373 g/mol. The maximum absolute atomic E-state index is 12.3. The van der Waals surface area contributed by atoms with E-state index in [1.54, 1.807) is 19.2 Å². The van der Waals surface area contributed by atoms with Gasteiger partial charge >= 0.3 is 0 Å². The maximum atomic E-state index is 12.3. The molecule has 0 radical (unpaired) electrons. The zero-order valence-corrected chi connectivity index (χ0v) is 16.4. The quantitative estimate of drug-likeness (QED) is 0.619. The van der Waals surface area contributed by atoms with E-state index in [0.29, 0.717) is 24.5 Å². The molecule has 2 N–H and O–H groups in total. The van der Waals surface area contributed by atoms with Gasteiger partial charge in [-0.05, 0) is 50.8 Å². The van der Waals surface area contributed by atoms with Crippen LogP contribution in [0.25, 0.3) is 0 Å². The summed E-state index contributed by atoms with van der Waals surface area (Å²) >= 11 is 0. The number of para-hydroxylation sites is 2. The lowest BCUT2D eigenvalue weighted by atomic mass is 9.97. The lowest BCUT2D eigenvalue weighted by Gasteiger charge is -2.20. The molecule has 2 rings (SSSR count). The second-order valence-electron chi connectivity index (χ2n) is 6.76. The molecule has 0 aromatic heterocycles. The van der Waals surface area contributed by atoms with Crippen LogP contribution in [0.3, 0.4) is 0 Å². The molecule has 0 spiro atoms. The third-order valence-electron chi connectivity index (χ3n) is 4.72. The number of allylic oxidation sites excluding steroid dienone is 1. The summed E-state index contributed by atoms with van der Waals surface area (Å²) in [4.78, 5) is 26.3. The van der Waals surface area contributed by atoms with Crippen LogP contribution in [0.15, 0.2) is 35.9 Å². The molecular weight excluding hydrogens is 342 g/mol. The first-order valence-corrected chi connectivity index (χ1v) is 9.72. The normalized spacial score (nSPS) is 13.8. The van der Waals surface area contributed by atoms with Crippen LogP contribution in [0.1, 0.15) is 39.0 Å². The Morgan fingerprint density at radius 2 is 1.93 bits per heavy atom. The summed E-state index contributed by atoms with van der Waals surface area (Å²) in [5.41, 5.74) is 2.08. The van der Waals surface area contributed by atoms with Crippen LogP contribution < -0.4 is 15.4 Å². The Morgan fingerprint density at radius 1 is 1.15 bits per heavy atom. The summed E-state index contributed by atoms with van der Waals surface area (Å²) in [6.07, 6.45) is 8.07. The van der Waals surface area contributed by atoms with Gasteiger partial charge in [-0.3, -0.25) is 14.5 Å². The highest BCUT2D eigenvalue weighted by Crippen LogP contribution is 2.22. The van der Waals surface area contributed by atoms with E-state index < -0.39 is 0 Å². The Kier molecular flexibility index (Phi) is 8.84. The van der Waals surface area contributed by atoms with E-state index >= 15 is 0 Å². The molecule has 2 amide bonds. The summed E-state index contributed by atoms with van der Waals surface area (Å²) in [5, 5.41) is 5.80. The van der Waals surface area contributed by atoms with Crippen molar-refractivity contribution >= 4 is 17.5 Å². The van der Waals surface area contributed by atoms with Gasteiger partial charge < -0.3 is 15.4 Å². The highest BCUT2D eigenvalue weighted by molar-refractivity contribution is 5.94. The molecule has 0 saturated carbocycles. The second kappa shape index (κ2) is 11.4. The molecule has 1 aromatic rings. The molecule has 27 heavy (non-hydrogen) atoms. The van der Waals surface area contributed by atoms with Crippen molar-refractivity contribution in [3.05, 3.63) is 35.9 Å². The van der Waals surface area contributed by atoms with Crippen molar-refractivity contribution in [1.82, 2.24) is 10.2 Å². The molecule has 0 heterocycles. The number of rotatable bonds is 10. The summed E-state index contributed by atoms with van der Waals surface area (Å²) in [6.45, 7) is 3.60. The molecule has 0 unspecified atom stereocenters. The highest BCUT2D eigenvalue weighted by Gasteiger charge is 2.14.